The Hall–Kier alpha value is -2.18. The standard InChI is InChI=1S/C18H20IN3O6/c1-20-7-3-2-4-15(20)27-13-8-16(28-14(13)10-23)21-9-12(5-6-19)17(25)22(11-24)18(21)26/h3-7,9,11,13-14,16,23H,2,8,10H2,1H3/t13-,14+,16+/m0/s1. The molecule has 9 nitrogen and oxygen atoms in total. The number of aromatic nitrogens is 2. The maximum atomic E-state index is 12.6. The van der Waals surface area contributed by atoms with Gasteiger partial charge in [-0.25, -0.2) is 4.79 Å². The Labute approximate surface area is 174 Å². The molecule has 150 valence electrons. The van der Waals surface area contributed by atoms with E-state index in [2.05, 4.69) is 0 Å². The molecule has 0 bridgehead atoms. The van der Waals surface area contributed by atoms with Crippen molar-refractivity contribution >= 4 is 35.1 Å². The molecule has 1 fully saturated rings. The summed E-state index contributed by atoms with van der Waals surface area (Å²) < 4.78 is 15.1. The number of rotatable bonds is 6. The molecule has 3 atom stereocenters. The minimum Gasteiger partial charge on any atom is -0.473 e. The maximum Gasteiger partial charge on any atom is 0.339 e. The first-order valence-corrected chi connectivity index (χ1v) is 9.87. The van der Waals surface area contributed by atoms with Gasteiger partial charge in [-0.3, -0.25) is 14.2 Å². The van der Waals surface area contributed by atoms with E-state index in [-0.39, 0.29) is 25.0 Å². The Balaban J connectivity index is 1.91. The molecule has 0 unspecified atom stereocenters. The number of hydrogen-bond donors (Lipinski definition) is 1. The second-order valence-electron chi connectivity index (χ2n) is 6.33. The van der Waals surface area contributed by atoms with Gasteiger partial charge in [0.25, 0.3) is 5.56 Å². The number of allylic oxidation sites excluding steroid dienone is 2. The highest BCUT2D eigenvalue weighted by Gasteiger charge is 2.39. The van der Waals surface area contributed by atoms with Crippen molar-refractivity contribution in [2.75, 3.05) is 13.7 Å². The molecule has 0 spiro atoms. The van der Waals surface area contributed by atoms with E-state index >= 15 is 0 Å². The summed E-state index contributed by atoms with van der Waals surface area (Å²) in [6.45, 7) is -0.295. The molecule has 0 saturated carbocycles. The number of ether oxygens (including phenoxy) is 2. The third kappa shape index (κ3) is 3.98. The molecule has 1 aromatic rings. The van der Waals surface area contributed by atoms with Crippen LogP contribution in [-0.4, -0.2) is 51.4 Å². The predicted molar refractivity (Wildman–Crippen MR) is 110 cm³/mol. The fourth-order valence-electron chi connectivity index (χ4n) is 3.14. The molecule has 2 aliphatic heterocycles. The number of aliphatic hydroxyl groups excluding tert-OH is 1. The average Bonchev–Trinajstić information content (AvgIpc) is 3.09. The highest BCUT2D eigenvalue weighted by Crippen LogP contribution is 2.32. The Morgan fingerprint density at radius 2 is 2.21 bits per heavy atom. The predicted octanol–water partition coefficient (Wildman–Crippen LogP) is 0.810. The first kappa shape index (κ1) is 20.6. The normalized spacial score (nSPS) is 24.6. The highest BCUT2D eigenvalue weighted by molar-refractivity contribution is 14.1. The minimum atomic E-state index is -0.801. The smallest absolute Gasteiger partial charge is 0.339 e. The van der Waals surface area contributed by atoms with Gasteiger partial charge in [0.15, 0.2) is 5.88 Å². The lowest BCUT2D eigenvalue weighted by molar-refractivity contribution is -0.0567. The van der Waals surface area contributed by atoms with Gasteiger partial charge in [-0.15, -0.1) is 0 Å². The fraction of sp³-hybridized carbons (Fsp3) is 0.389. The molecule has 10 heteroatoms. The molecule has 0 aromatic carbocycles. The van der Waals surface area contributed by atoms with Crippen molar-refractivity contribution in [3.63, 3.8) is 0 Å². The van der Waals surface area contributed by atoms with Crippen LogP contribution in [0.15, 0.2) is 44.1 Å². The van der Waals surface area contributed by atoms with Crippen LogP contribution in [0.5, 0.6) is 0 Å². The second kappa shape index (κ2) is 8.88. The maximum absolute atomic E-state index is 12.6. The van der Waals surface area contributed by atoms with E-state index in [1.54, 1.807) is 4.08 Å². The summed E-state index contributed by atoms with van der Waals surface area (Å²) in [5.74, 6) is 0.633. The van der Waals surface area contributed by atoms with E-state index in [9.17, 15) is 19.5 Å². The number of aliphatic hydroxyl groups is 1. The summed E-state index contributed by atoms with van der Waals surface area (Å²) >= 11 is 1.94. The first-order valence-electron chi connectivity index (χ1n) is 8.62. The summed E-state index contributed by atoms with van der Waals surface area (Å²) in [4.78, 5) is 37.8. The van der Waals surface area contributed by atoms with Crippen LogP contribution in [0.2, 0.25) is 0 Å². The molecule has 1 saturated heterocycles. The van der Waals surface area contributed by atoms with Gasteiger partial charge < -0.3 is 19.5 Å². The Morgan fingerprint density at radius 1 is 1.43 bits per heavy atom. The van der Waals surface area contributed by atoms with Crippen molar-refractivity contribution in [2.45, 2.75) is 31.3 Å². The van der Waals surface area contributed by atoms with Gasteiger partial charge >= 0.3 is 5.69 Å². The van der Waals surface area contributed by atoms with E-state index in [4.69, 9.17) is 9.47 Å². The molecule has 0 aliphatic carbocycles. The molecule has 1 N–H and O–H groups in total. The van der Waals surface area contributed by atoms with Crippen molar-refractivity contribution in [1.29, 1.82) is 0 Å². The van der Waals surface area contributed by atoms with Crippen molar-refractivity contribution in [2.24, 2.45) is 0 Å². The van der Waals surface area contributed by atoms with E-state index in [0.717, 1.165) is 6.42 Å². The largest absolute Gasteiger partial charge is 0.473 e. The number of hydrogen-bond acceptors (Lipinski definition) is 7. The van der Waals surface area contributed by atoms with Gasteiger partial charge in [-0.05, 0) is 22.7 Å². The van der Waals surface area contributed by atoms with Crippen LogP contribution in [0.1, 0.15) is 24.6 Å². The fourth-order valence-corrected chi connectivity index (χ4v) is 3.53. The summed E-state index contributed by atoms with van der Waals surface area (Å²) in [5.41, 5.74) is -1.33. The number of halogens is 1. The third-order valence-electron chi connectivity index (χ3n) is 4.57. The van der Waals surface area contributed by atoms with Crippen LogP contribution >= 0.6 is 22.6 Å². The Morgan fingerprint density at radius 3 is 2.86 bits per heavy atom. The van der Waals surface area contributed by atoms with Gasteiger partial charge in [0, 0.05) is 25.9 Å². The summed E-state index contributed by atoms with van der Waals surface area (Å²) in [7, 11) is 1.84. The first-order chi connectivity index (χ1) is 13.5. The minimum absolute atomic E-state index is 0.175. The quantitative estimate of drug-likeness (QED) is 0.455. The summed E-state index contributed by atoms with van der Waals surface area (Å²) in [6, 6.07) is 0. The second-order valence-corrected chi connectivity index (χ2v) is 7.04. The van der Waals surface area contributed by atoms with Gasteiger partial charge in [0.05, 0.1) is 12.2 Å². The van der Waals surface area contributed by atoms with Crippen molar-refractivity contribution in [3.05, 3.63) is 60.9 Å². The summed E-state index contributed by atoms with van der Waals surface area (Å²) in [6.07, 6.45) is 7.87. The monoisotopic (exact) mass is 501 g/mol. The van der Waals surface area contributed by atoms with Crippen LogP contribution < -0.4 is 11.2 Å². The molecule has 3 rings (SSSR count). The Kier molecular flexibility index (Phi) is 6.52. The van der Waals surface area contributed by atoms with Crippen molar-refractivity contribution in [3.8, 4) is 0 Å². The molecule has 3 heterocycles. The molecule has 28 heavy (non-hydrogen) atoms. The van der Waals surface area contributed by atoms with E-state index in [1.807, 2.05) is 52.9 Å². The molecule has 0 radical (unpaired) electrons. The third-order valence-corrected chi connectivity index (χ3v) is 4.93. The topological polar surface area (TPSA) is 103 Å². The molecule has 1 aromatic heterocycles. The molecular weight excluding hydrogens is 481 g/mol. The van der Waals surface area contributed by atoms with Gasteiger partial charge in [0.1, 0.15) is 18.4 Å². The van der Waals surface area contributed by atoms with Crippen molar-refractivity contribution < 1.29 is 19.4 Å². The number of nitrogens with zero attached hydrogens (tertiary/aromatic N) is 3. The van der Waals surface area contributed by atoms with Gasteiger partial charge in [0.2, 0.25) is 6.41 Å². The zero-order chi connectivity index (χ0) is 20.3. The zero-order valence-corrected chi connectivity index (χ0v) is 17.3. The van der Waals surface area contributed by atoms with E-state index < -0.39 is 29.7 Å². The van der Waals surface area contributed by atoms with Crippen molar-refractivity contribution in [1.82, 2.24) is 14.0 Å². The number of carbonyl (C=O) groups is 1. The van der Waals surface area contributed by atoms with Crippen LogP contribution in [0.3, 0.4) is 0 Å². The average molecular weight is 501 g/mol. The lowest BCUT2D eigenvalue weighted by Crippen LogP contribution is -2.42. The van der Waals surface area contributed by atoms with E-state index in [1.165, 1.54) is 16.8 Å². The van der Waals surface area contributed by atoms with Crippen LogP contribution in [-0.2, 0) is 14.3 Å². The molecule has 2 aliphatic rings. The SMILES string of the molecule is CN1C=CCC=C1O[C@H]1C[C@H](n2cc(C=CI)c(=O)n(C=O)c2=O)O[C@@H]1CO. The zero-order valence-electron chi connectivity index (χ0n) is 15.1. The van der Waals surface area contributed by atoms with Crippen LogP contribution in [0.25, 0.3) is 6.08 Å². The number of carbonyl (C=O) groups excluding carboxylic acids is 1. The molecule has 0 amide bonds. The lowest BCUT2D eigenvalue weighted by Gasteiger charge is -2.26. The highest BCUT2D eigenvalue weighted by atomic mass is 127. The van der Waals surface area contributed by atoms with Gasteiger partial charge in [-0.2, -0.15) is 4.57 Å². The van der Waals surface area contributed by atoms with Crippen LogP contribution in [0, 0.1) is 0 Å². The van der Waals surface area contributed by atoms with Gasteiger partial charge in [-0.1, -0.05) is 28.7 Å². The van der Waals surface area contributed by atoms with E-state index in [0.29, 0.717) is 10.5 Å². The Bertz CT molecular complexity index is 948. The summed E-state index contributed by atoms with van der Waals surface area (Å²) in [5, 5.41) is 9.69. The lowest BCUT2D eigenvalue weighted by atomic mass is 10.2. The van der Waals surface area contributed by atoms with Crippen LogP contribution in [0.4, 0.5) is 0 Å². The molecular formula is C18H20IN3O6.